The third-order valence-electron chi connectivity index (χ3n) is 3.18. The van der Waals surface area contributed by atoms with Crippen LogP contribution in [0.3, 0.4) is 0 Å². The maximum absolute atomic E-state index is 12.5. The molecule has 0 fully saturated rings. The van der Waals surface area contributed by atoms with E-state index in [1.165, 1.54) is 0 Å². The highest BCUT2D eigenvalue weighted by molar-refractivity contribution is 14.1. The lowest BCUT2D eigenvalue weighted by atomic mass is 10.3. The number of nitrogens with zero attached hydrogens (tertiary/aromatic N) is 3. The summed E-state index contributed by atoms with van der Waals surface area (Å²) < 4.78 is 35.7. The van der Waals surface area contributed by atoms with Crippen molar-refractivity contribution in [3.63, 3.8) is 0 Å². The predicted octanol–water partition coefficient (Wildman–Crippen LogP) is 2.34. The van der Waals surface area contributed by atoms with Gasteiger partial charge in [-0.15, -0.1) is 5.10 Å². The molecule has 0 aliphatic rings. The Kier molecular flexibility index (Phi) is 5.98. The van der Waals surface area contributed by atoms with E-state index < -0.39 is 16.1 Å². The molecule has 23 heavy (non-hydrogen) atoms. The van der Waals surface area contributed by atoms with E-state index in [1.54, 1.807) is 35.8 Å². The summed E-state index contributed by atoms with van der Waals surface area (Å²) in [6, 6.07) is 6.52. The van der Waals surface area contributed by atoms with Crippen molar-refractivity contribution in [1.29, 1.82) is 0 Å². The molecule has 0 spiro atoms. The smallest absolute Gasteiger partial charge is 0.316 e. The van der Waals surface area contributed by atoms with Crippen LogP contribution in [-0.4, -0.2) is 29.8 Å². The third-order valence-corrected chi connectivity index (χ3v) is 5.45. The predicted molar refractivity (Wildman–Crippen MR) is 94.8 cm³/mol. The highest BCUT2D eigenvalue weighted by Crippen LogP contribution is 2.20. The Bertz CT molecular complexity index is 759. The van der Waals surface area contributed by atoms with Gasteiger partial charge in [0.15, 0.2) is 5.82 Å². The van der Waals surface area contributed by atoms with E-state index in [0.29, 0.717) is 25.0 Å². The largest absolute Gasteiger partial charge is 0.464 e. The second-order valence-electron chi connectivity index (χ2n) is 4.81. The van der Waals surface area contributed by atoms with E-state index in [1.807, 2.05) is 13.8 Å². The summed E-state index contributed by atoms with van der Waals surface area (Å²) in [6.45, 7) is 6.58. The quantitative estimate of drug-likeness (QED) is 0.655. The Morgan fingerprint density at radius 3 is 2.48 bits per heavy atom. The molecule has 0 saturated heterocycles. The normalized spacial score (nSPS) is 13.0. The van der Waals surface area contributed by atoms with E-state index in [0.717, 1.165) is 3.57 Å². The van der Waals surface area contributed by atoms with Crippen molar-refractivity contribution < 1.29 is 13.2 Å². The van der Waals surface area contributed by atoms with Gasteiger partial charge >= 0.3 is 6.01 Å². The van der Waals surface area contributed by atoms with Crippen LogP contribution in [0.25, 0.3) is 0 Å². The van der Waals surface area contributed by atoms with Crippen LogP contribution in [0.5, 0.6) is 6.01 Å². The number of halogens is 1. The molecule has 2 aromatic rings. The second-order valence-corrected chi connectivity index (χ2v) is 7.77. The van der Waals surface area contributed by atoms with Gasteiger partial charge < -0.3 is 4.74 Å². The molecular weight excluding hydrogens is 431 g/mol. The molecule has 0 saturated carbocycles. The molecule has 1 atom stereocenters. The van der Waals surface area contributed by atoms with Crippen molar-refractivity contribution >= 4 is 32.6 Å². The van der Waals surface area contributed by atoms with Crippen LogP contribution < -0.4 is 9.46 Å². The molecule has 126 valence electrons. The summed E-state index contributed by atoms with van der Waals surface area (Å²) in [5.74, 6) is 0.519. The van der Waals surface area contributed by atoms with Crippen LogP contribution in [-0.2, 0) is 16.6 Å². The molecule has 0 bridgehead atoms. The summed E-state index contributed by atoms with van der Waals surface area (Å²) in [6.07, 6.45) is 0. The van der Waals surface area contributed by atoms with Gasteiger partial charge in [-0.3, -0.25) is 4.57 Å². The Morgan fingerprint density at radius 1 is 1.26 bits per heavy atom. The van der Waals surface area contributed by atoms with Gasteiger partial charge in [-0.25, -0.2) is 13.1 Å². The van der Waals surface area contributed by atoms with Crippen molar-refractivity contribution in [3.05, 3.63) is 33.7 Å². The maximum Gasteiger partial charge on any atom is 0.316 e. The number of ether oxygens (including phenoxy) is 1. The number of sulfonamides is 1. The monoisotopic (exact) mass is 450 g/mol. The van der Waals surface area contributed by atoms with Crippen molar-refractivity contribution in [2.45, 2.75) is 38.3 Å². The van der Waals surface area contributed by atoms with E-state index in [4.69, 9.17) is 4.74 Å². The fourth-order valence-corrected chi connectivity index (χ4v) is 3.68. The number of nitrogens with one attached hydrogen (secondary N) is 1. The molecule has 0 aliphatic carbocycles. The standard InChI is InChI=1S/C14H19IN4O3S/c1-4-19-13(16-17-14(19)22-5-2)10(3)18-23(20,21)12-8-6-11(15)7-9-12/h6-10,18H,4-5H2,1-3H3/t10-/m1/s1. The first-order valence-corrected chi connectivity index (χ1v) is 9.79. The first-order chi connectivity index (χ1) is 10.9. The highest BCUT2D eigenvalue weighted by Gasteiger charge is 2.23. The highest BCUT2D eigenvalue weighted by atomic mass is 127. The van der Waals surface area contributed by atoms with Crippen LogP contribution in [0.2, 0.25) is 0 Å². The molecule has 1 aromatic carbocycles. The molecule has 1 aromatic heterocycles. The lowest BCUT2D eigenvalue weighted by Crippen LogP contribution is -2.29. The lowest BCUT2D eigenvalue weighted by Gasteiger charge is -2.15. The fourth-order valence-electron chi connectivity index (χ4n) is 2.12. The Labute approximate surface area is 149 Å². The first-order valence-electron chi connectivity index (χ1n) is 7.22. The molecule has 0 aliphatic heterocycles. The van der Waals surface area contributed by atoms with Crippen LogP contribution >= 0.6 is 22.6 Å². The van der Waals surface area contributed by atoms with Gasteiger partial charge in [0, 0.05) is 10.1 Å². The van der Waals surface area contributed by atoms with Gasteiger partial charge in [-0.05, 0) is 67.6 Å². The molecule has 7 nitrogen and oxygen atoms in total. The van der Waals surface area contributed by atoms with Gasteiger partial charge in [-0.2, -0.15) is 0 Å². The van der Waals surface area contributed by atoms with Gasteiger partial charge in [0.25, 0.3) is 0 Å². The average Bonchev–Trinajstić information content (AvgIpc) is 2.90. The first kappa shape index (κ1) is 18.1. The van der Waals surface area contributed by atoms with Crippen LogP contribution in [0, 0.1) is 3.57 Å². The van der Waals surface area contributed by atoms with Crippen LogP contribution in [0.4, 0.5) is 0 Å². The molecular formula is C14H19IN4O3S. The minimum atomic E-state index is -3.63. The van der Waals surface area contributed by atoms with Gasteiger partial charge in [-0.1, -0.05) is 5.10 Å². The number of benzene rings is 1. The minimum absolute atomic E-state index is 0.220. The fraction of sp³-hybridized carbons (Fsp3) is 0.429. The zero-order chi connectivity index (χ0) is 17.0. The van der Waals surface area contributed by atoms with Crippen molar-refractivity contribution in [2.75, 3.05) is 6.61 Å². The van der Waals surface area contributed by atoms with Crippen LogP contribution in [0.1, 0.15) is 32.6 Å². The SMILES string of the molecule is CCOc1nnc([C@@H](C)NS(=O)(=O)c2ccc(I)cc2)n1CC. The zero-order valence-corrected chi connectivity index (χ0v) is 16.1. The van der Waals surface area contributed by atoms with Gasteiger partial charge in [0.2, 0.25) is 10.0 Å². The number of hydrogen-bond acceptors (Lipinski definition) is 5. The van der Waals surface area contributed by atoms with E-state index in [-0.39, 0.29) is 4.90 Å². The lowest BCUT2D eigenvalue weighted by molar-refractivity contribution is 0.294. The molecule has 1 heterocycles. The van der Waals surface area contributed by atoms with Gasteiger partial charge in [0.05, 0.1) is 17.5 Å². The Morgan fingerprint density at radius 2 is 1.91 bits per heavy atom. The van der Waals surface area contributed by atoms with E-state index in [9.17, 15) is 8.42 Å². The van der Waals surface area contributed by atoms with Gasteiger partial charge in [0.1, 0.15) is 0 Å². The zero-order valence-electron chi connectivity index (χ0n) is 13.2. The van der Waals surface area contributed by atoms with Crippen molar-refractivity contribution in [3.8, 4) is 6.01 Å². The second kappa shape index (κ2) is 7.58. The Balaban J connectivity index is 2.24. The number of hydrogen-bond donors (Lipinski definition) is 1. The molecule has 2 rings (SSSR count). The summed E-state index contributed by atoms with van der Waals surface area (Å²) in [7, 11) is -3.63. The van der Waals surface area contributed by atoms with E-state index >= 15 is 0 Å². The number of rotatable bonds is 7. The van der Waals surface area contributed by atoms with Crippen molar-refractivity contribution in [1.82, 2.24) is 19.5 Å². The molecule has 0 unspecified atom stereocenters. The summed E-state index contributed by atoms with van der Waals surface area (Å²) >= 11 is 2.13. The Hall–Kier alpha value is -1.20. The summed E-state index contributed by atoms with van der Waals surface area (Å²) in [5, 5.41) is 8.02. The topological polar surface area (TPSA) is 86.1 Å². The van der Waals surface area contributed by atoms with Crippen molar-refractivity contribution in [2.24, 2.45) is 0 Å². The molecule has 0 radical (unpaired) electrons. The van der Waals surface area contributed by atoms with Crippen LogP contribution in [0.15, 0.2) is 29.2 Å². The summed E-state index contributed by atoms with van der Waals surface area (Å²) in [4.78, 5) is 0.220. The minimum Gasteiger partial charge on any atom is -0.464 e. The molecule has 0 amide bonds. The molecule has 1 N–H and O–H groups in total. The third kappa shape index (κ3) is 4.21. The number of aromatic nitrogens is 3. The summed E-state index contributed by atoms with van der Waals surface area (Å²) in [5.41, 5.74) is 0. The average molecular weight is 450 g/mol. The maximum atomic E-state index is 12.5. The van der Waals surface area contributed by atoms with E-state index in [2.05, 4.69) is 37.5 Å². The molecule has 9 heteroatoms.